The van der Waals surface area contributed by atoms with Crippen molar-refractivity contribution in [2.24, 2.45) is 5.92 Å². The molecule has 1 aromatic carbocycles. The molecule has 1 aliphatic carbocycles. The molecule has 0 bridgehead atoms. The Balaban J connectivity index is 2.13. The van der Waals surface area contributed by atoms with Crippen molar-refractivity contribution in [2.75, 3.05) is 5.73 Å². The standard InChI is InChI=1S/C16H23N3/c1-11(2)9-16-18-14-10-12(17)7-8-15(14)19(16)13-5-3-4-6-13/h7-8,10-11,13H,3-6,9,17H2,1-2H3. The highest BCUT2D eigenvalue weighted by atomic mass is 15.1. The molecule has 2 aromatic rings. The van der Waals surface area contributed by atoms with E-state index >= 15 is 0 Å². The first kappa shape index (κ1) is 12.5. The zero-order valence-electron chi connectivity index (χ0n) is 11.9. The van der Waals surface area contributed by atoms with Crippen LogP contribution in [0.5, 0.6) is 0 Å². The number of hydrogen-bond acceptors (Lipinski definition) is 2. The SMILES string of the molecule is CC(C)Cc1nc2cc(N)ccc2n1C1CCCC1. The molecule has 0 amide bonds. The van der Waals surface area contributed by atoms with Crippen LogP contribution < -0.4 is 5.73 Å². The first-order valence-electron chi connectivity index (χ1n) is 7.41. The van der Waals surface area contributed by atoms with Gasteiger partial charge in [-0.25, -0.2) is 4.98 Å². The summed E-state index contributed by atoms with van der Waals surface area (Å²) in [6.45, 7) is 4.51. The first-order valence-corrected chi connectivity index (χ1v) is 7.41. The van der Waals surface area contributed by atoms with Crippen LogP contribution in [0, 0.1) is 5.92 Å². The summed E-state index contributed by atoms with van der Waals surface area (Å²) in [5.41, 5.74) is 9.01. The minimum atomic E-state index is 0.634. The zero-order valence-corrected chi connectivity index (χ0v) is 11.9. The number of aromatic nitrogens is 2. The van der Waals surface area contributed by atoms with Crippen molar-refractivity contribution in [3.63, 3.8) is 0 Å². The molecule has 3 heteroatoms. The van der Waals surface area contributed by atoms with E-state index in [9.17, 15) is 0 Å². The minimum absolute atomic E-state index is 0.634. The number of imidazole rings is 1. The van der Waals surface area contributed by atoms with Crippen LogP contribution >= 0.6 is 0 Å². The molecule has 19 heavy (non-hydrogen) atoms. The van der Waals surface area contributed by atoms with E-state index in [0.717, 1.165) is 17.6 Å². The molecule has 0 spiro atoms. The van der Waals surface area contributed by atoms with Crippen LogP contribution in [0.2, 0.25) is 0 Å². The number of nitrogen functional groups attached to an aromatic ring is 1. The second-order valence-corrected chi connectivity index (χ2v) is 6.18. The van der Waals surface area contributed by atoms with Crippen LogP contribution in [0.15, 0.2) is 18.2 Å². The Morgan fingerprint density at radius 1 is 1.32 bits per heavy atom. The third-order valence-corrected chi connectivity index (χ3v) is 4.07. The molecule has 0 atom stereocenters. The van der Waals surface area contributed by atoms with Crippen molar-refractivity contribution < 1.29 is 0 Å². The lowest BCUT2D eigenvalue weighted by molar-refractivity contribution is 0.490. The van der Waals surface area contributed by atoms with E-state index in [2.05, 4.69) is 24.5 Å². The Labute approximate surface area is 114 Å². The van der Waals surface area contributed by atoms with Gasteiger partial charge in [-0.2, -0.15) is 0 Å². The summed E-state index contributed by atoms with van der Waals surface area (Å²) in [6, 6.07) is 6.78. The number of benzene rings is 1. The molecule has 3 nitrogen and oxygen atoms in total. The predicted octanol–water partition coefficient (Wildman–Crippen LogP) is 3.93. The van der Waals surface area contributed by atoms with Crippen LogP contribution in [0.3, 0.4) is 0 Å². The molecule has 1 aromatic heterocycles. The molecular weight excluding hydrogens is 234 g/mol. The van der Waals surface area contributed by atoms with Crippen molar-refractivity contribution in [1.82, 2.24) is 9.55 Å². The topological polar surface area (TPSA) is 43.8 Å². The maximum Gasteiger partial charge on any atom is 0.110 e. The van der Waals surface area contributed by atoms with E-state index < -0.39 is 0 Å². The van der Waals surface area contributed by atoms with Gasteiger partial charge in [0.25, 0.3) is 0 Å². The average molecular weight is 257 g/mol. The van der Waals surface area contributed by atoms with Crippen molar-refractivity contribution in [2.45, 2.75) is 52.0 Å². The summed E-state index contributed by atoms with van der Waals surface area (Å²) < 4.78 is 2.49. The van der Waals surface area contributed by atoms with Gasteiger partial charge in [-0.3, -0.25) is 0 Å². The Bertz CT molecular complexity index is 577. The molecule has 0 radical (unpaired) electrons. The number of hydrogen-bond donors (Lipinski definition) is 1. The van der Waals surface area contributed by atoms with Crippen molar-refractivity contribution >= 4 is 16.7 Å². The highest BCUT2D eigenvalue weighted by Crippen LogP contribution is 2.34. The maximum atomic E-state index is 5.89. The summed E-state index contributed by atoms with van der Waals surface area (Å²) in [5.74, 6) is 1.87. The molecule has 1 aliphatic rings. The summed E-state index contributed by atoms with van der Waals surface area (Å²) in [4.78, 5) is 4.84. The molecule has 1 fully saturated rings. The number of nitrogens with zero attached hydrogens (tertiary/aromatic N) is 2. The monoisotopic (exact) mass is 257 g/mol. The molecule has 102 valence electrons. The largest absolute Gasteiger partial charge is 0.399 e. The van der Waals surface area contributed by atoms with Crippen LogP contribution in [-0.2, 0) is 6.42 Å². The fourth-order valence-electron chi connectivity index (χ4n) is 3.24. The van der Waals surface area contributed by atoms with Gasteiger partial charge >= 0.3 is 0 Å². The van der Waals surface area contributed by atoms with Crippen molar-refractivity contribution in [1.29, 1.82) is 0 Å². The Kier molecular flexibility index (Phi) is 3.21. The molecule has 1 saturated carbocycles. The minimum Gasteiger partial charge on any atom is -0.399 e. The molecule has 2 N–H and O–H groups in total. The summed E-state index contributed by atoms with van der Waals surface area (Å²) in [7, 11) is 0. The Hall–Kier alpha value is -1.51. The highest BCUT2D eigenvalue weighted by molar-refractivity contribution is 5.79. The first-order chi connectivity index (χ1) is 9.15. The lowest BCUT2D eigenvalue weighted by atomic mass is 10.1. The summed E-state index contributed by atoms with van der Waals surface area (Å²) >= 11 is 0. The zero-order chi connectivity index (χ0) is 13.4. The fraction of sp³-hybridized carbons (Fsp3) is 0.562. The molecule has 0 aliphatic heterocycles. The van der Waals surface area contributed by atoms with E-state index in [1.54, 1.807) is 0 Å². The third kappa shape index (κ3) is 2.34. The number of anilines is 1. The van der Waals surface area contributed by atoms with Gasteiger partial charge in [0, 0.05) is 18.2 Å². The molecule has 1 heterocycles. The number of fused-ring (bicyclic) bond motifs is 1. The van der Waals surface area contributed by atoms with Crippen molar-refractivity contribution in [3.8, 4) is 0 Å². The fourth-order valence-corrected chi connectivity index (χ4v) is 3.24. The van der Waals surface area contributed by atoms with Gasteiger partial charge < -0.3 is 10.3 Å². The smallest absolute Gasteiger partial charge is 0.110 e. The van der Waals surface area contributed by atoms with Crippen LogP contribution in [0.4, 0.5) is 5.69 Å². The second kappa shape index (κ2) is 4.87. The van der Waals surface area contributed by atoms with Gasteiger partial charge in [-0.15, -0.1) is 0 Å². The second-order valence-electron chi connectivity index (χ2n) is 6.18. The molecule has 3 rings (SSSR count). The van der Waals surface area contributed by atoms with E-state index in [0.29, 0.717) is 12.0 Å². The normalized spacial score (nSPS) is 16.8. The summed E-state index contributed by atoms with van der Waals surface area (Å²) in [6.07, 6.45) is 6.33. The van der Waals surface area contributed by atoms with Crippen LogP contribution in [0.25, 0.3) is 11.0 Å². The summed E-state index contributed by atoms with van der Waals surface area (Å²) in [5, 5.41) is 0. The number of nitrogens with two attached hydrogens (primary N) is 1. The van der Waals surface area contributed by atoms with Gasteiger partial charge in [-0.05, 0) is 37.0 Å². The van der Waals surface area contributed by atoms with Gasteiger partial charge in [-0.1, -0.05) is 26.7 Å². The van der Waals surface area contributed by atoms with E-state index in [1.807, 2.05) is 12.1 Å². The van der Waals surface area contributed by atoms with E-state index in [-0.39, 0.29) is 0 Å². The highest BCUT2D eigenvalue weighted by Gasteiger charge is 2.22. The van der Waals surface area contributed by atoms with Crippen molar-refractivity contribution in [3.05, 3.63) is 24.0 Å². The Morgan fingerprint density at radius 2 is 2.05 bits per heavy atom. The van der Waals surface area contributed by atoms with E-state index in [1.165, 1.54) is 37.0 Å². The number of rotatable bonds is 3. The Morgan fingerprint density at radius 3 is 2.74 bits per heavy atom. The molecular formula is C16H23N3. The quantitative estimate of drug-likeness (QED) is 0.847. The third-order valence-electron chi connectivity index (χ3n) is 4.07. The lowest BCUT2D eigenvalue weighted by Gasteiger charge is -2.17. The van der Waals surface area contributed by atoms with Crippen LogP contribution in [-0.4, -0.2) is 9.55 Å². The maximum absolute atomic E-state index is 5.89. The van der Waals surface area contributed by atoms with Gasteiger partial charge in [0.15, 0.2) is 0 Å². The van der Waals surface area contributed by atoms with Crippen LogP contribution in [0.1, 0.15) is 51.4 Å². The predicted molar refractivity (Wildman–Crippen MR) is 80.2 cm³/mol. The van der Waals surface area contributed by atoms with Gasteiger partial charge in [0.05, 0.1) is 11.0 Å². The molecule has 0 unspecified atom stereocenters. The molecule has 0 saturated heterocycles. The van der Waals surface area contributed by atoms with E-state index in [4.69, 9.17) is 10.7 Å². The lowest BCUT2D eigenvalue weighted by Crippen LogP contribution is -2.11. The van der Waals surface area contributed by atoms with Gasteiger partial charge in [0.2, 0.25) is 0 Å². The van der Waals surface area contributed by atoms with Gasteiger partial charge in [0.1, 0.15) is 5.82 Å². The average Bonchev–Trinajstić information content (AvgIpc) is 2.93.